The summed E-state index contributed by atoms with van der Waals surface area (Å²) in [6, 6.07) is 11.2. The van der Waals surface area contributed by atoms with Crippen molar-refractivity contribution in [3.05, 3.63) is 53.6 Å². The third-order valence-electron chi connectivity index (χ3n) is 6.67. The van der Waals surface area contributed by atoms with E-state index in [1.54, 1.807) is 20.3 Å². The summed E-state index contributed by atoms with van der Waals surface area (Å²) in [4.78, 5) is 19.0. The average Bonchev–Trinajstić information content (AvgIpc) is 3.31. The van der Waals surface area contributed by atoms with E-state index in [2.05, 4.69) is 4.90 Å². The molecule has 0 bridgehead atoms. The molecule has 184 valence electrons. The zero-order valence-corrected chi connectivity index (χ0v) is 19.5. The van der Waals surface area contributed by atoms with Gasteiger partial charge in [-0.1, -0.05) is 12.1 Å². The number of carbonyl (C=O) groups is 1. The van der Waals surface area contributed by atoms with Crippen molar-refractivity contribution in [2.75, 3.05) is 58.4 Å². The molecular formula is C25H30F3N3O3. The first-order valence-electron chi connectivity index (χ1n) is 11.5. The van der Waals surface area contributed by atoms with Crippen molar-refractivity contribution in [1.82, 2.24) is 9.80 Å². The largest absolute Gasteiger partial charge is 0.497 e. The molecule has 2 fully saturated rings. The maximum atomic E-state index is 13.1. The van der Waals surface area contributed by atoms with Crippen molar-refractivity contribution < 1.29 is 27.4 Å². The lowest BCUT2D eigenvalue weighted by atomic mass is 10.0. The molecule has 1 amide bonds. The van der Waals surface area contributed by atoms with Gasteiger partial charge < -0.3 is 19.3 Å². The van der Waals surface area contributed by atoms with Gasteiger partial charge in [0.15, 0.2) is 0 Å². The lowest BCUT2D eigenvalue weighted by Gasteiger charge is -2.37. The Hall–Kier alpha value is -2.94. The molecule has 2 aromatic rings. The van der Waals surface area contributed by atoms with Crippen LogP contribution in [0, 0.1) is 0 Å². The number of alkyl halides is 3. The van der Waals surface area contributed by atoms with E-state index in [9.17, 15) is 18.0 Å². The SMILES string of the molecule is COc1ccc([C@@H]2CCCN2CC(=O)N2CCN(c3cccc(C(F)(F)F)c3)CC2)c(OC)c1. The third kappa shape index (κ3) is 5.24. The quantitative estimate of drug-likeness (QED) is 0.624. The first-order valence-corrected chi connectivity index (χ1v) is 11.5. The number of rotatable bonds is 6. The van der Waals surface area contributed by atoms with Crippen LogP contribution in [-0.2, 0) is 11.0 Å². The number of methoxy groups -OCH3 is 2. The van der Waals surface area contributed by atoms with Crippen molar-refractivity contribution in [1.29, 1.82) is 0 Å². The number of likely N-dealkylation sites (tertiary alicyclic amines) is 1. The van der Waals surface area contributed by atoms with E-state index in [-0.39, 0.29) is 11.9 Å². The highest BCUT2D eigenvalue weighted by Crippen LogP contribution is 2.38. The topological polar surface area (TPSA) is 45.2 Å². The second-order valence-electron chi connectivity index (χ2n) is 8.65. The van der Waals surface area contributed by atoms with E-state index in [4.69, 9.17) is 9.47 Å². The summed E-state index contributed by atoms with van der Waals surface area (Å²) in [6.45, 7) is 3.11. The molecule has 0 N–H and O–H groups in total. The molecule has 2 aliphatic heterocycles. The molecule has 0 aliphatic carbocycles. The predicted molar refractivity (Wildman–Crippen MR) is 123 cm³/mol. The van der Waals surface area contributed by atoms with Crippen LogP contribution in [0.1, 0.15) is 30.0 Å². The van der Waals surface area contributed by atoms with Crippen LogP contribution in [0.2, 0.25) is 0 Å². The van der Waals surface area contributed by atoms with Gasteiger partial charge in [0.05, 0.1) is 26.3 Å². The fourth-order valence-corrected chi connectivity index (χ4v) is 4.83. The van der Waals surface area contributed by atoms with Gasteiger partial charge in [-0.15, -0.1) is 0 Å². The number of halogens is 3. The van der Waals surface area contributed by atoms with Gasteiger partial charge in [-0.05, 0) is 43.7 Å². The predicted octanol–water partition coefficient (Wildman–Crippen LogP) is 4.21. The molecule has 0 aromatic heterocycles. The second-order valence-corrected chi connectivity index (χ2v) is 8.65. The summed E-state index contributed by atoms with van der Waals surface area (Å²) in [6.07, 6.45) is -2.43. The van der Waals surface area contributed by atoms with Crippen LogP contribution in [0.25, 0.3) is 0 Å². The highest BCUT2D eigenvalue weighted by atomic mass is 19.4. The number of carbonyl (C=O) groups excluding carboxylic acids is 1. The number of ether oxygens (including phenoxy) is 2. The van der Waals surface area contributed by atoms with E-state index in [0.29, 0.717) is 38.4 Å². The van der Waals surface area contributed by atoms with Crippen LogP contribution in [0.4, 0.5) is 18.9 Å². The molecule has 2 aliphatic rings. The molecule has 1 atom stereocenters. The van der Waals surface area contributed by atoms with Crippen molar-refractivity contribution in [2.24, 2.45) is 0 Å². The van der Waals surface area contributed by atoms with Gasteiger partial charge >= 0.3 is 6.18 Å². The second kappa shape index (κ2) is 10.1. The zero-order chi connectivity index (χ0) is 24.3. The summed E-state index contributed by atoms with van der Waals surface area (Å²) < 4.78 is 50.0. The highest BCUT2D eigenvalue weighted by molar-refractivity contribution is 5.78. The third-order valence-corrected chi connectivity index (χ3v) is 6.67. The average molecular weight is 478 g/mol. The standard InChI is InChI=1S/C25H30F3N3O3/c1-33-20-8-9-21(23(16-20)34-2)22-7-4-10-31(22)17-24(32)30-13-11-29(12-14-30)19-6-3-5-18(15-19)25(26,27)28/h3,5-6,8-9,15-16,22H,4,7,10-14,17H2,1-2H3/t22-/m0/s1. The van der Waals surface area contributed by atoms with Gasteiger partial charge in [0.1, 0.15) is 11.5 Å². The first-order chi connectivity index (χ1) is 16.3. The van der Waals surface area contributed by atoms with Crippen LogP contribution in [0.15, 0.2) is 42.5 Å². The number of anilines is 1. The highest BCUT2D eigenvalue weighted by Gasteiger charge is 2.33. The summed E-state index contributed by atoms with van der Waals surface area (Å²) in [5.41, 5.74) is 0.925. The molecule has 4 rings (SSSR count). The Morgan fingerprint density at radius 1 is 1.00 bits per heavy atom. The molecule has 0 radical (unpaired) electrons. The maximum absolute atomic E-state index is 13.1. The maximum Gasteiger partial charge on any atom is 0.416 e. The summed E-state index contributed by atoms with van der Waals surface area (Å²) in [5.74, 6) is 1.52. The minimum absolute atomic E-state index is 0.0445. The molecule has 6 nitrogen and oxygen atoms in total. The number of nitrogens with zero attached hydrogens (tertiary/aromatic N) is 3. The van der Waals surface area contributed by atoms with Crippen molar-refractivity contribution in [3.63, 3.8) is 0 Å². The molecule has 0 spiro atoms. The molecular weight excluding hydrogens is 447 g/mol. The smallest absolute Gasteiger partial charge is 0.416 e. The van der Waals surface area contributed by atoms with E-state index < -0.39 is 11.7 Å². The van der Waals surface area contributed by atoms with Gasteiger partial charge in [0, 0.05) is 49.5 Å². The molecule has 9 heteroatoms. The Balaban J connectivity index is 1.37. The summed E-state index contributed by atoms with van der Waals surface area (Å²) in [7, 11) is 3.24. The van der Waals surface area contributed by atoms with Crippen LogP contribution in [-0.4, -0.2) is 69.2 Å². The van der Waals surface area contributed by atoms with Gasteiger partial charge in [-0.2, -0.15) is 13.2 Å². The molecule has 2 aromatic carbocycles. The van der Waals surface area contributed by atoms with Gasteiger partial charge in [0.2, 0.25) is 5.91 Å². The molecule has 2 heterocycles. The molecule has 0 saturated carbocycles. The minimum Gasteiger partial charge on any atom is -0.497 e. The summed E-state index contributed by atoms with van der Waals surface area (Å²) >= 11 is 0. The normalized spacial score (nSPS) is 19.4. The summed E-state index contributed by atoms with van der Waals surface area (Å²) in [5, 5.41) is 0. The van der Waals surface area contributed by atoms with Crippen LogP contribution in [0.3, 0.4) is 0 Å². The van der Waals surface area contributed by atoms with Crippen LogP contribution >= 0.6 is 0 Å². The Morgan fingerprint density at radius 2 is 1.76 bits per heavy atom. The van der Waals surface area contributed by atoms with Crippen molar-refractivity contribution in [3.8, 4) is 11.5 Å². The van der Waals surface area contributed by atoms with Gasteiger partial charge in [-0.3, -0.25) is 9.69 Å². The van der Waals surface area contributed by atoms with Crippen molar-refractivity contribution >= 4 is 11.6 Å². The van der Waals surface area contributed by atoms with Crippen molar-refractivity contribution in [2.45, 2.75) is 25.1 Å². The van der Waals surface area contributed by atoms with Gasteiger partial charge in [-0.25, -0.2) is 0 Å². The van der Waals surface area contributed by atoms with E-state index in [1.807, 2.05) is 28.0 Å². The number of piperazine rings is 1. The Bertz CT molecular complexity index is 1010. The van der Waals surface area contributed by atoms with E-state index >= 15 is 0 Å². The number of hydrogen-bond donors (Lipinski definition) is 0. The monoisotopic (exact) mass is 477 g/mol. The zero-order valence-electron chi connectivity index (χ0n) is 19.5. The molecule has 0 unspecified atom stereocenters. The van der Waals surface area contributed by atoms with E-state index in [0.717, 1.165) is 42.5 Å². The molecule has 2 saturated heterocycles. The van der Waals surface area contributed by atoms with E-state index in [1.165, 1.54) is 12.1 Å². The Morgan fingerprint density at radius 3 is 2.44 bits per heavy atom. The van der Waals surface area contributed by atoms with Crippen LogP contribution < -0.4 is 14.4 Å². The number of amides is 1. The number of benzene rings is 2. The van der Waals surface area contributed by atoms with Gasteiger partial charge in [0.25, 0.3) is 0 Å². The lowest BCUT2D eigenvalue weighted by molar-refractivity contribution is -0.137. The fourth-order valence-electron chi connectivity index (χ4n) is 4.83. The fraction of sp³-hybridized carbons (Fsp3) is 0.480. The first kappa shape index (κ1) is 24.2. The number of hydrogen-bond acceptors (Lipinski definition) is 5. The molecule has 34 heavy (non-hydrogen) atoms. The Labute approximate surface area is 197 Å². The minimum atomic E-state index is -4.37. The van der Waals surface area contributed by atoms with Crippen LogP contribution in [0.5, 0.6) is 11.5 Å². The lowest BCUT2D eigenvalue weighted by Crippen LogP contribution is -2.51. The Kier molecular flexibility index (Phi) is 7.21.